The Morgan fingerprint density at radius 1 is 1.52 bits per heavy atom. The van der Waals surface area contributed by atoms with Gasteiger partial charge in [0.2, 0.25) is 5.91 Å². The Labute approximate surface area is 130 Å². The molecule has 0 fully saturated rings. The van der Waals surface area contributed by atoms with Crippen LogP contribution in [0, 0.1) is 5.92 Å². The third kappa shape index (κ3) is 4.84. The maximum atomic E-state index is 12.1. The van der Waals surface area contributed by atoms with Gasteiger partial charge in [0.25, 0.3) is 0 Å². The van der Waals surface area contributed by atoms with Crippen LogP contribution in [0.4, 0.5) is 0 Å². The molecule has 5 heteroatoms. The van der Waals surface area contributed by atoms with E-state index in [4.69, 9.17) is 0 Å². The van der Waals surface area contributed by atoms with Crippen LogP contribution >= 0.6 is 11.8 Å². The number of thioether (sulfide) groups is 1. The third-order valence-electron chi connectivity index (χ3n) is 3.48. The summed E-state index contributed by atoms with van der Waals surface area (Å²) in [5, 5.41) is 3.49. The highest BCUT2D eigenvalue weighted by atomic mass is 32.2. The number of fused-ring (bicyclic) bond motifs is 1. The van der Waals surface area contributed by atoms with Crippen molar-refractivity contribution in [2.24, 2.45) is 5.92 Å². The smallest absolute Gasteiger partial charge is 0.221 e. The second-order valence-electron chi connectivity index (χ2n) is 5.81. The maximum absolute atomic E-state index is 12.1. The Balaban J connectivity index is 1.80. The predicted octanol–water partition coefficient (Wildman–Crippen LogP) is 2.61. The van der Waals surface area contributed by atoms with Crippen molar-refractivity contribution in [3.05, 3.63) is 23.9 Å². The first-order valence-corrected chi connectivity index (χ1v) is 8.34. The molecule has 114 valence electrons. The molecule has 0 saturated heterocycles. The number of rotatable bonds is 6. The highest BCUT2D eigenvalue weighted by Crippen LogP contribution is 2.33. The second kappa shape index (κ2) is 7.59. The van der Waals surface area contributed by atoms with E-state index in [2.05, 4.69) is 24.1 Å². The zero-order valence-corrected chi connectivity index (χ0v) is 13.4. The van der Waals surface area contributed by atoms with E-state index in [1.807, 2.05) is 12.1 Å². The van der Waals surface area contributed by atoms with E-state index in [1.165, 1.54) is 11.8 Å². The molecule has 1 aromatic rings. The van der Waals surface area contributed by atoms with E-state index in [0.717, 1.165) is 23.4 Å². The average Bonchev–Trinajstić information content (AvgIpc) is 2.44. The Bertz CT molecular complexity index is 517. The number of carbonyl (C=O) groups is 2. The minimum Gasteiger partial charge on any atom is -0.356 e. The minimum atomic E-state index is -0.294. The summed E-state index contributed by atoms with van der Waals surface area (Å²) in [7, 11) is 0. The van der Waals surface area contributed by atoms with Crippen molar-refractivity contribution in [1.29, 1.82) is 0 Å². The molecular weight excluding hydrogens is 284 g/mol. The van der Waals surface area contributed by atoms with E-state index in [1.54, 1.807) is 6.20 Å². The molecule has 1 N–H and O–H groups in total. The Kier molecular flexibility index (Phi) is 5.79. The molecular formula is C16H22N2O2S. The lowest BCUT2D eigenvalue weighted by atomic mass is 10.1. The highest BCUT2D eigenvalue weighted by molar-refractivity contribution is 8.00. The lowest BCUT2D eigenvalue weighted by Crippen LogP contribution is -2.33. The van der Waals surface area contributed by atoms with Gasteiger partial charge >= 0.3 is 0 Å². The van der Waals surface area contributed by atoms with Crippen LogP contribution in [0.5, 0.6) is 0 Å². The summed E-state index contributed by atoms with van der Waals surface area (Å²) in [5.41, 5.74) is 0.973. The van der Waals surface area contributed by atoms with Crippen molar-refractivity contribution >= 4 is 23.5 Å². The van der Waals surface area contributed by atoms with Gasteiger partial charge in [0, 0.05) is 25.6 Å². The molecule has 1 amide bonds. The Morgan fingerprint density at radius 3 is 3.10 bits per heavy atom. The third-order valence-corrected chi connectivity index (χ3v) is 4.78. The predicted molar refractivity (Wildman–Crippen MR) is 84.3 cm³/mol. The summed E-state index contributed by atoms with van der Waals surface area (Å²) in [4.78, 5) is 28.3. The first kappa shape index (κ1) is 16.0. The zero-order chi connectivity index (χ0) is 15.2. The van der Waals surface area contributed by atoms with Crippen LogP contribution in [0.2, 0.25) is 0 Å². The number of Topliss-reactive ketones (excluding diaryl/α,β-unsaturated/α-hetero) is 1. The molecule has 0 saturated carbocycles. The van der Waals surface area contributed by atoms with Crippen molar-refractivity contribution in [2.75, 3.05) is 6.54 Å². The molecule has 2 heterocycles. The fourth-order valence-corrected chi connectivity index (χ4v) is 3.43. The molecule has 0 bridgehead atoms. The van der Waals surface area contributed by atoms with Crippen LogP contribution in [-0.4, -0.2) is 28.5 Å². The zero-order valence-electron chi connectivity index (χ0n) is 12.6. The van der Waals surface area contributed by atoms with Crippen LogP contribution in [-0.2, 0) is 16.0 Å². The summed E-state index contributed by atoms with van der Waals surface area (Å²) in [5.74, 6) is 0.738. The first-order valence-electron chi connectivity index (χ1n) is 7.46. The van der Waals surface area contributed by atoms with Crippen LogP contribution in [0.15, 0.2) is 23.4 Å². The monoisotopic (exact) mass is 306 g/mol. The fraction of sp³-hybridized carbons (Fsp3) is 0.562. The van der Waals surface area contributed by atoms with E-state index < -0.39 is 0 Å². The molecule has 0 aliphatic carbocycles. The standard InChI is InChI=1S/C16H22N2O2S/c1-11(2)5-3-7-17-15(20)10-14-13(19)9-12-6-4-8-18-16(12)21-14/h4,6,8,11,14H,3,5,7,9-10H2,1-2H3,(H,17,20). The molecule has 1 atom stereocenters. The lowest BCUT2D eigenvalue weighted by Gasteiger charge is -2.21. The van der Waals surface area contributed by atoms with Gasteiger partial charge in [0.1, 0.15) is 5.03 Å². The fourth-order valence-electron chi connectivity index (χ4n) is 2.30. The summed E-state index contributed by atoms with van der Waals surface area (Å²) >= 11 is 1.42. The number of pyridine rings is 1. The van der Waals surface area contributed by atoms with E-state index in [9.17, 15) is 9.59 Å². The number of amides is 1. The topological polar surface area (TPSA) is 59.1 Å². The van der Waals surface area contributed by atoms with Crippen LogP contribution in [0.25, 0.3) is 0 Å². The number of aromatic nitrogens is 1. The number of carbonyl (C=O) groups excluding carboxylic acids is 2. The highest BCUT2D eigenvalue weighted by Gasteiger charge is 2.29. The van der Waals surface area contributed by atoms with Crippen molar-refractivity contribution in [3.8, 4) is 0 Å². The molecule has 0 aromatic carbocycles. The van der Waals surface area contributed by atoms with Gasteiger partial charge < -0.3 is 5.32 Å². The molecule has 0 radical (unpaired) electrons. The molecule has 1 aliphatic rings. The van der Waals surface area contributed by atoms with Crippen molar-refractivity contribution in [1.82, 2.24) is 10.3 Å². The molecule has 4 nitrogen and oxygen atoms in total. The number of hydrogen-bond acceptors (Lipinski definition) is 4. The molecule has 2 rings (SSSR count). The Hall–Kier alpha value is -1.36. The number of nitrogens with zero attached hydrogens (tertiary/aromatic N) is 1. The van der Waals surface area contributed by atoms with Gasteiger partial charge in [-0.25, -0.2) is 4.98 Å². The SMILES string of the molecule is CC(C)CCCNC(=O)CC1Sc2ncccc2CC1=O. The number of nitrogens with one attached hydrogen (secondary N) is 1. The van der Waals surface area contributed by atoms with E-state index >= 15 is 0 Å². The van der Waals surface area contributed by atoms with Crippen LogP contribution in [0.1, 0.15) is 38.7 Å². The minimum absolute atomic E-state index is 0.0380. The van der Waals surface area contributed by atoms with Crippen molar-refractivity contribution in [2.45, 2.75) is 49.8 Å². The van der Waals surface area contributed by atoms with Gasteiger partial charge in [-0.15, -0.1) is 0 Å². The molecule has 21 heavy (non-hydrogen) atoms. The summed E-state index contributed by atoms with van der Waals surface area (Å²) in [6.45, 7) is 5.03. The van der Waals surface area contributed by atoms with E-state index in [0.29, 0.717) is 18.9 Å². The summed E-state index contributed by atoms with van der Waals surface area (Å²) in [6, 6.07) is 3.77. The van der Waals surface area contributed by atoms with E-state index in [-0.39, 0.29) is 23.4 Å². The normalized spacial score (nSPS) is 17.7. The van der Waals surface area contributed by atoms with Gasteiger partial charge in [-0.3, -0.25) is 9.59 Å². The number of hydrogen-bond donors (Lipinski definition) is 1. The number of ketones is 1. The Morgan fingerprint density at radius 2 is 2.33 bits per heavy atom. The van der Waals surface area contributed by atoms with Crippen molar-refractivity contribution in [3.63, 3.8) is 0 Å². The van der Waals surface area contributed by atoms with Crippen LogP contribution < -0.4 is 5.32 Å². The maximum Gasteiger partial charge on any atom is 0.221 e. The van der Waals surface area contributed by atoms with Crippen molar-refractivity contribution < 1.29 is 9.59 Å². The first-order chi connectivity index (χ1) is 10.1. The quantitative estimate of drug-likeness (QED) is 0.821. The van der Waals surface area contributed by atoms with Gasteiger partial charge in [-0.1, -0.05) is 31.7 Å². The van der Waals surface area contributed by atoms with Gasteiger partial charge in [-0.2, -0.15) is 0 Å². The summed E-state index contributed by atoms with van der Waals surface area (Å²) in [6.07, 6.45) is 4.46. The largest absolute Gasteiger partial charge is 0.356 e. The molecule has 1 aromatic heterocycles. The average molecular weight is 306 g/mol. The summed E-state index contributed by atoms with van der Waals surface area (Å²) < 4.78 is 0. The van der Waals surface area contributed by atoms with Gasteiger partial charge in [-0.05, 0) is 30.4 Å². The molecule has 1 unspecified atom stereocenters. The van der Waals surface area contributed by atoms with Gasteiger partial charge in [0.15, 0.2) is 5.78 Å². The van der Waals surface area contributed by atoms with Crippen LogP contribution in [0.3, 0.4) is 0 Å². The lowest BCUT2D eigenvalue weighted by molar-refractivity contribution is -0.124. The molecule has 1 aliphatic heterocycles. The molecule has 0 spiro atoms. The second-order valence-corrected chi connectivity index (χ2v) is 7.00. The van der Waals surface area contributed by atoms with Gasteiger partial charge in [0.05, 0.1) is 5.25 Å².